The first-order valence-electron chi connectivity index (χ1n) is 12.5. The molecule has 37 heavy (non-hydrogen) atoms. The molecule has 1 amide bonds. The fourth-order valence-electron chi connectivity index (χ4n) is 4.70. The minimum Gasteiger partial charge on any atom is -0.491 e. The lowest BCUT2D eigenvalue weighted by molar-refractivity contribution is -0.116. The maximum absolute atomic E-state index is 13.1. The maximum atomic E-state index is 13.1. The van der Waals surface area contributed by atoms with Crippen LogP contribution in [0.3, 0.4) is 0 Å². The fraction of sp³-hybridized carbons (Fsp3) is 0.423. The molecule has 0 spiro atoms. The van der Waals surface area contributed by atoms with E-state index in [1.807, 2.05) is 17.0 Å². The van der Waals surface area contributed by atoms with Crippen LogP contribution in [0.25, 0.3) is 0 Å². The number of rotatable bonds is 7. The topological polar surface area (TPSA) is 126 Å². The molecule has 4 N–H and O–H groups in total. The number of carbonyl (C=O) groups excluding carboxylic acids is 1. The number of aliphatic imine (C=N–C) groups is 2. The largest absolute Gasteiger partial charge is 0.491 e. The minimum absolute atomic E-state index is 0.140. The van der Waals surface area contributed by atoms with Crippen LogP contribution in [0.2, 0.25) is 0 Å². The van der Waals surface area contributed by atoms with Gasteiger partial charge in [-0.3, -0.25) is 20.3 Å². The van der Waals surface area contributed by atoms with Gasteiger partial charge < -0.3 is 24.8 Å². The van der Waals surface area contributed by atoms with Crippen LogP contribution >= 0.6 is 0 Å². The smallest absolute Gasteiger partial charge is 0.259 e. The number of hydrogen-bond acceptors (Lipinski definition) is 10. The van der Waals surface area contributed by atoms with Gasteiger partial charge >= 0.3 is 0 Å². The summed E-state index contributed by atoms with van der Waals surface area (Å²) < 4.78 is 17.3. The van der Waals surface area contributed by atoms with Crippen LogP contribution in [0.4, 0.5) is 5.69 Å². The van der Waals surface area contributed by atoms with Crippen molar-refractivity contribution < 1.29 is 19.0 Å². The van der Waals surface area contributed by atoms with E-state index in [-0.39, 0.29) is 17.9 Å². The average Bonchev–Trinajstić information content (AvgIpc) is 3.35. The number of amides is 1. The first-order valence-corrected chi connectivity index (χ1v) is 12.5. The van der Waals surface area contributed by atoms with Crippen LogP contribution in [-0.4, -0.2) is 87.2 Å². The number of methoxy groups -OCH3 is 1. The zero-order valence-electron chi connectivity index (χ0n) is 21.0. The first-order chi connectivity index (χ1) is 18.0. The number of hydrogen-bond donors (Lipinski definition) is 3. The average molecular weight is 508 g/mol. The van der Waals surface area contributed by atoms with Gasteiger partial charge in [0.05, 0.1) is 32.5 Å². The molecule has 4 heterocycles. The number of carbonyl (C=O) groups is 1. The van der Waals surface area contributed by atoms with E-state index in [1.165, 1.54) is 6.20 Å². The Bertz CT molecular complexity index is 1180. The lowest BCUT2D eigenvalue weighted by Crippen LogP contribution is -2.46. The zero-order chi connectivity index (χ0) is 25.8. The van der Waals surface area contributed by atoms with Gasteiger partial charge in [-0.15, -0.1) is 0 Å². The Morgan fingerprint density at radius 2 is 2.14 bits per heavy atom. The molecule has 4 aliphatic rings. The van der Waals surface area contributed by atoms with Crippen molar-refractivity contribution in [2.24, 2.45) is 15.7 Å². The number of nitrogens with one attached hydrogen (secondary N) is 2. The Hall–Kier alpha value is -3.67. The second-order valence-corrected chi connectivity index (χ2v) is 9.09. The molecule has 0 radical (unpaired) electrons. The molecule has 1 atom stereocenters. The van der Waals surface area contributed by atoms with Crippen molar-refractivity contribution in [3.8, 4) is 11.5 Å². The second-order valence-electron chi connectivity index (χ2n) is 9.09. The predicted molar refractivity (Wildman–Crippen MR) is 141 cm³/mol. The molecule has 196 valence electrons. The molecule has 11 heteroatoms. The first kappa shape index (κ1) is 25.0. The Labute approximate surface area is 216 Å². The van der Waals surface area contributed by atoms with Crippen LogP contribution in [0.1, 0.15) is 18.2 Å². The summed E-state index contributed by atoms with van der Waals surface area (Å²) in [6, 6.07) is 3.94. The summed E-state index contributed by atoms with van der Waals surface area (Å²) in [4.78, 5) is 26.4. The van der Waals surface area contributed by atoms with E-state index in [2.05, 4.69) is 27.1 Å². The van der Waals surface area contributed by atoms with E-state index < -0.39 is 0 Å². The highest BCUT2D eigenvalue weighted by Gasteiger charge is 2.36. The highest BCUT2D eigenvalue weighted by atomic mass is 16.5. The van der Waals surface area contributed by atoms with Crippen LogP contribution in [0.15, 0.2) is 58.2 Å². The Morgan fingerprint density at radius 3 is 2.95 bits per heavy atom. The molecule has 0 aromatic heterocycles. The summed E-state index contributed by atoms with van der Waals surface area (Å²) in [6.45, 7) is 10.3. The lowest BCUT2D eigenvalue weighted by atomic mass is 10.1. The summed E-state index contributed by atoms with van der Waals surface area (Å²) >= 11 is 0. The molecular formula is C26H33N7O4. The molecule has 1 aromatic rings. The number of amidine groups is 1. The van der Waals surface area contributed by atoms with Crippen LogP contribution in [0.5, 0.6) is 11.5 Å². The molecule has 5 rings (SSSR count). The van der Waals surface area contributed by atoms with Crippen molar-refractivity contribution in [2.45, 2.75) is 12.6 Å². The summed E-state index contributed by atoms with van der Waals surface area (Å²) in [5.74, 6) is 1.54. The van der Waals surface area contributed by atoms with E-state index in [0.29, 0.717) is 47.4 Å². The number of morpholine rings is 1. The highest BCUT2D eigenvalue weighted by molar-refractivity contribution is 6.09. The number of nitrogens with zero attached hydrogens (tertiary/aromatic N) is 4. The molecule has 0 bridgehead atoms. The fourth-order valence-corrected chi connectivity index (χ4v) is 4.70. The van der Waals surface area contributed by atoms with Crippen molar-refractivity contribution in [2.75, 3.05) is 59.7 Å². The molecule has 2 fully saturated rings. The number of ether oxygens (including phenoxy) is 3. The van der Waals surface area contributed by atoms with E-state index >= 15 is 0 Å². The van der Waals surface area contributed by atoms with Crippen LogP contribution in [0, 0.1) is 0 Å². The quantitative estimate of drug-likeness (QED) is 0.470. The predicted octanol–water partition coefficient (Wildman–Crippen LogP) is 1.18. The highest BCUT2D eigenvalue weighted by Crippen LogP contribution is 2.46. The van der Waals surface area contributed by atoms with Crippen LogP contribution in [-0.2, 0) is 9.53 Å². The number of guanidine groups is 1. The third-order valence-corrected chi connectivity index (χ3v) is 6.72. The summed E-state index contributed by atoms with van der Waals surface area (Å²) in [7, 11) is 1.61. The molecule has 11 nitrogen and oxygen atoms in total. The van der Waals surface area contributed by atoms with E-state index in [9.17, 15) is 4.79 Å². The molecule has 4 aliphatic heterocycles. The molecular weight excluding hydrogens is 474 g/mol. The number of fused-ring (bicyclic) bond motifs is 3. The third-order valence-electron chi connectivity index (χ3n) is 6.72. The zero-order valence-corrected chi connectivity index (χ0v) is 21.0. The van der Waals surface area contributed by atoms with Crippen molar-refractivity contribution in [3.63, 3.8) is 0 Å². The number of nitrogens with two attached hydrogens (primary N) is 1. The van der Waals surface area contributed by atoms with Gasteiger partial charge in [0, 0.05) is 50.1 Å². The van der Waals surface area contributed by atoms with Crippen molar-refractivity contribution >= 4 is 23.4 Å². The van der Waals surface area contributed by atoms with Crippen molar-refractivity contribution in [1.82, 2.24) is 20.4 Å². The standard InChI is InChI=1S/C26H33N7O4/c1-17-4-5-18(16-29-23(17)27)25(34)31-26-30-21-19(24-28-8-10-33(24)26)6-7-20(22(21)35-2)37-13-3-9-32-11-14-36-15-12-32/h4-7,16,24,28H,1,3,8-15H2,2H3,(H2,27,29)(H,30,31,34). The molecule has 0 aliphatic carbocycles. The lowest BCUT2D eigenvalue weighted by Gasteiger charge is -2.33. The Balaban J connectivity index is 1.34. The molecule has 0 saturated carbocycles. The summed E-state index contributed by atoms with van der Waals surface area (Å²) in [6.07, 6.45) is 5.49. The molecule has 1 aromatic carbocycles. The van der Waals surface area contributed by atoms with E-state index in [4.69, 9.17) is 24.9 Å². The van der Waals surface area contributed by atoms with Gasteiger partial charge in [0.2, 0.25) is 5.96 Å². The molecule has 2 saturated heterocycles. The van der Waals surface area contributed by atoms with Gasteiger partial charge in [0.1, 0.15) is 17.7 Å². The normalized spacial score (nSPS) is 21.3. The van der Waals surface area contributed by atoms with Crippen molar-refractivity contribution in [3.05, 3.63) is 53.8 Å². The van der Waals surface area contributed by atoms with E-state index in [1.54, 1.807) is 19.3 Å². The Morgan fingerprint density at radius 1 is 1.30 bits per heavy atom. The van der Waals surface area contributed by atoms with Gasteiger partial charge in [-0.25, -0.2) is 9.98 Å². The van der Waals surface area contributed by atoms with Crippen molar-refractivity contribution in [1.29, 1.82) is 0 Å². The van der Waals surface area contributed by atoms with Gasteiger partial charge in [-0.05, 0) is 24.6 Å². The number of benzene rings is 1. The monoisotopic (exact) mass is 507 g/mol. The molecule has 1 unspecified atom stereocenters. The van der Waals surface area contributed by atoms with Gasteiger partial charge in [-0.2, -0.15) is 0 Å². The van der Waals surface area contributed by atoms with Gasteiger partial charge in [0.15, 0.2) is 11.5 Å². The third kappa shape index (κ3) is 5.38. The SMILES string of the molecule is C=C1C=CC(C(=O)NC2=Nc3c(ccc(OCCCN4CCOCC4)c3OC)C3NCCN23)=CN=C1N. The second kappa shape index (κ2) is 11.2. The van der Waals surface area contributed by atoms with Gasteiger partial charge in [-0.1, -0.05) is 12.7 Å². The Kier molecular flexibility index (Phi) is 7.54. The minimum atomic E-state index is -0.343. The van der Waals surface area contributed by atoms with Gasteiger partial charge in [0.25, 0.3) is 5.91 Å². The van der Waals surface area contributed by atoms with E-state index in [0.717, 1.165) is 51.4 Å². The maximum Gasteiger partial charge on any atom is 0.259 e. The summed E-state index contributed by atoms with van der Waals surface area (Å²) in [5, 5.41) is 6.43. The summed E-state index contributed by atoms with van der Waals surface area (Å²) in [5.41, 5.74) is 8.33. The van der Waals surface area contributed by atoms with Crippen LogP contribution < -0.4 is 25.8 Å².